The second-order valence-electron chi connectivity index (χ2n) is 8.10. The SMILES string of the molecule is Cc1nc(-c2ccc(Cl)c3c2oc(=O)n3COCC[Si](C)(C)C)cnc1C(F)(F)F. The fourth-order valence-electron chi connectivity index (χ4n) is 2.88. The number of alkyl halides is 3. The van der Waals surface area contributed by atoms with Gasteiger partial charge < -0.3 is 9.15 Å². The molecule has 0 atom stereocenters. The lowest BCUT2D eigenvalue weighted by molar-refractivity contribution is -0.141. The number of ether oxygens (including phenoxy) is 1. The Labute approximate surface area is 176 Å². The van der Waals surface area contributed by atoms with Crippen LogP contribution < -0.4 is 5.76 Å². The highest BCUT2D eigenvalue weighted by Crippen LogP contribution is 2.34. The van der Waals surface area contributed by atoms with Crippen molar-refractivity contribution in [3.05, 3.63) is 45.3 Å². The predicted octanol–water partition coefficient (Wildman–Crippen LogP) is 5.34. The second kappa shape index (κ2) is 8.16. The lowest BCUT2D eigenvalue weighted by Crippen LogP contribution is -2.23. The van der Waals surface area contributed by atoms with Crippen molar-refractivity contribution < 1.29 is 22.3 Å². The van der Waals surface area contributed by atoms with Crippen molar-refractivity contribution in [2.45, 2.75) is 45.5 Å². The zero-order chi connectivity index (χ0) is 22.3. The number of nitrogens with zero attached hydrogens (tertiary/aromatic N) is 3. The van der Waals surface area contributed by atoms with Crippen molar-refractivity contribution in [2.24, 2.45) is 0 Å². The van der Waals surface area contributed by atoms with Gasteiger partial charge in [0.2, 0.25) is 0 Å². The van der Waals surface area contributed by atoms with Gasteiger partial charge in [0, 0.05) is 20.2 Å². The van der Waals surface area contributed by atoms with Crippen molar-refractivity contribution in [1.29, 1.82) is 0 Å². The monoisotopic (exact) mass is 459 g/mol. The van der Waals surface area contributed by atoms with Crippen LogP contribution in [0.4, 0.5) is 13.2 Å². The molecule has 0 bridgehead atoms. The third-order valence-electron chi connectivity index (χ3n) is 4.47. The largest absolute Gasteiger partial charge is 0.435 e. The van der Waals surface area contributed by atoms with Crippen molar-refractivity contribution in [1.82, 2.24) is 14.5 Å². The molecular formula is C19H21ClF3N3O3Si. The summed E-state index contributed by atoms with van der Waals surface area (Å²) in [6.07, 6.45) is -3.60. The van der Waals surface area contributed by atoms with Gasteiger partial charge in [-0.1, -0.05) is 31.2 Å². The van der Waals surface area contributed by atoms with Gasteiger partial charge in [-0.15, -0.1) is 0 Å². The fraction of sp³-hybridized carbons (Fsp3) is 0.421. The van der Waals surface area contributed by atoms with Crippen LogP contribution in [-0.2, 0) is 17.6 Å². The predicted molar refractivity (Wildman–Crippen MR) is 110 cm³/mol. The average Bonchev–Trinajstić information content (AvgIpc) is 2.94. The Morgan fingerprint density at radius 1 is 1.27 bits per heavy atom. The summed E-state index contributed by atoms with van der Waals surface area (Å²) in [5.41, 5.74) is -0.466. The third-order valence-corrected chi connectivity index (χ3v) is 6.48. The molecule has 30 heavy (non-hydrogen) atoms. The number of oxazole rings is 1. The molecule has 3 rings (SSSR count). The Balaban J connectivity index is 2.00. The summed E-state index contributed by atoms with van der Waals surface area (Å²) in [6.45, 7) is 8.32. The molecule has 0 unspecified atom stereocenters. The van der Waals surface area contributed by atoms with Gasteiger partial charge in [0.25, 0.3) is 0 Å². The van der Waals surface area contributed by atoms with Gasteiger partial charge in [-0.05, 0) is 25.1 Å². The number of aromatic nitrogens is 3. The summed E-state index contributed by atoms with van der Waals surface area (Å²) in [5.74, 6) is -0.677. The topological polar surface area (TPSA) is 70.2 Å². The fourth-order valence-corrected chi connectivity index (χ4v) is 3.89. The highest BCUT2D eigenvalue weighted by atomic mass is 35.5. The molecule has 0 N–H and O–H groups in total. The van der Waals surface area contributed by atoms with Gasteiger partial charge in [-0.2, -0.15) is 13.2 Å². The van der Waals surface area contributed by atoms with E-state index in [0.717, 1.165) is 12.2 Å². The molecular weight excluding hydrogens is 439 g/mol. The van der Waals surface area contributed by atoms with Gasteiger partial charge in [-0.3, -0.25) is 0 Å². The minimum absolute atomic E-state index is 0.0444. The summed E-state index contributed by atoms with van der Waals surface area (Å²) in [7, 11) is -1.29. The van der Waals surface area contributed by atoms with E-state index in [0.29, 0.717) is 17.7 Å². The molecule has 0 aliphatic heterocycles. The number of hydrogen-bond donors (Lipinski definition) is 0. The van der Waals surface area contributed by atoms with E-state index in [-0.39, 0.29) is 28.7 Å². The number of hydrogen-bond acceptors (Lipinski definition) is 5. The van der Waals surface area contributed by atoms with Crippen LogP contribution in [0.5, 0.6) is 0 Å². The summed E-state index contributed by atoms with van der Waals surface area (Å²) >= 11 is 6.28. The molecule has 0 amide bonds. The first-order chi connectivity index (χ1) is 13.9. The number of benzene rings is 1. The first kappa shape index (κ1) is 22.5. The quantitative estimate of drug-likeness (QED) is 0.367. The molecule has 2 aromatic heterocycles. The van der Waals surface area contributed by atoms with E-state index in [1.54, 1.807) is 0 Å². The molecule has 1 aromatic carbocycles. The number of rotatable bonds is 6. The van der Waals surface area contributed by atoms with Crippen LogP contribution >= 0.6 is 11.6 Å². The Hall–Kier alpha value is -2.17. The summed E-state index contributed by atoms with van der Waals surface area (Å²) in [6, 6.07) is 3.99. The third kappa shape index (κ3) is 4.76. The highest BCUT2D eigenvalue weighted by Gasteiger charge is 2.35. The molecule has 0 saturated heterocycles. The Morgan fingerprint density at radius 2 is 1.97 bits per heavy atom. The first-order valence-corrected chi connectivity index (χ1v) is 13.3. The number of halogens is 4. The van der Waals surface area contributed by atoms with Crippen LogP contribution in [0.3, 0.4) is 0 Å². The zero-order valence-corrected chi connectivity index (χ0v) is 18.7. The Morgan fingerprint density at radius 3 is 2.57 bits per heavy atom. The first-order valence-electron chi connectivity index (χ1n) is 9.19. The van der Waals surface area contributed by atoms with Gasteiger partial charge in [0.1, 0.15) is 12.2 Å². The maximum Gasteiger partial charge on any atom is 0.435 e. The maximum absolute atomic E-state index is 13.0. The molecule has 0 aliphatic rings. The lowest BCUT2D eigenvalue weighted by atomic mass is 10.1. The highest BCUT2D eigenvalue weighted by molar-refractivity contribution is 6.76. The summed E-state index contributed by atoms with van der Waals surface area (Å²) in [4.78, 5) is 19.9. The van der Waals surface area contributed by atoms with Gasteiger partial charge in [-0.25, -0.2) is 19.3 Å². The molecule has 162 valence electrons. The molecule has 0 saturated carbocycles. The van der Waals surface area contributed by atoms with Crippen LogP contribution in [0.2, 0.25) is 30.7 Å². The Kier molecular flexibility index (Phi) is 6.12. The van der Waals surface area contributed by atoms with Crippen molar-refractivity contribution in [3.8, 4) is 11.3 Å². The number of fused-ring (bicyclic) bond motifs is 1. The lowest BCUT2D eigenvalue weighted by Gasteiger charge is -2.15. The van der Waals surface area contributed by atoms with E-state index in [9.17, 15) is 18.0 Å². The van der Waals surface area contributed by atoms with E-state index in [4.69, 9.17) is 20.8 Å². The van der Waals surface area contributed by atoms with Crippen LogP contribution in [0.25, 0.3) is 22.4 Å². The standard InChI is InChI=1S/C19H21ClF3N3O3Si/c1-11-17(19(21,22)23)24-9-14(25-11)12-5-6-13(20)15-16(12)29-18(27)26(15)10-28-7-8-30(2,3)4/h5-6,9H,7-8,10H2,1-4H3. The molecule has 6 nitrogen and oxygen atoms in total. The molecule has 11 heteroatoms. The maximum atomic E-state index is 13.0. The van der Waals surface area contributed by atoms with E-state index in [1.165, 1.54) is 23.6 Å². The van der Waals surface area contributed by atoms with Gasteiger partial charge >= 0.3 is 11.9 Å². The molecule has 0 aliphatic carbocycles. The average molecular weight is 460 g/mol. The van der Waals surface area contributed by atoms with Crippen molar-refractivity contribution >= 4 is 30.8 Å². The number of aryl methyl sites for hydroxylation is 1. The van der Waals surface area contributed by atoms with Crippen molar-refractivity contribution in [3.63, 3.8) is 0 Å². The molecule has 2 heterocycles. The molecule has 3 aromatic rings. The van der Waals surface area contributed by atoms with E-state index in [1.807, 2.05) is 0 Å². The normalized spacial score (nSPS) is 12.7. The smallest absolute Gasteiger partial charge is 0.407 e. The van der Waals surface area contributed by atoms with E-state index in [2.05, 4.69) is 29.6 Å². The van der Waals surface area contributed by atoms with Crippen LogP contribution in [0, 0.1) is 6.92 Å². The summed E-state index contributed by atoms with van der Waals surface area (Å²) < 4.78 is 51.2. The molecule has 0 spiro atoms. The van der Waals surface area contributed by atoms with E-state index < -0.39 is 25.7 Å². The van der Waals surface area contributed by atoms with Gasteiger partial charge in [0.15, 0.2) is 11.3 Å². The van der Waals surface area contributed by atoms with Crippen LogP contribution in [0.15, 0.2) is 27.5 Å². The minimum atomic E-state index is -4.60. The summed E-state index contributed by atoms with van der Waals surface area (Å²) in [5, 5.41) is 0.255. The van der Waals surface area contributed by atoms with Crippen molar-refractivity contribution in [2.75, 3.05) is 6.61 Å². The van der Waals surface area contributed by atoms with E-state index >= 15 is 0 Å². The van der Waals surface area contributed by atoms with Crippen LogP contribution in [0.1, 0.15) is 11.4 Å². The van der Waals surface area contributed by atoms with Crippen LogP contribution in [-0.4, -0.2) is 29.2 Å². The minimum Gasteiger partial charge on any atom is -0.407 e. The molecule has 0 fully saturated rings. The second-order valence-corrected chi connectivity index (χ2v) is 14.1. The molecule has 0 radical (unpaired) electrons. The zero-order valence-electron chi connectivity index (χ0n) is 16.9. The van der Waals surface area contributed by atoms with Gasteiger partial charge in [0.05, 0.1) is 22.6 Å². The Bertz CT molecular complexity index is 1140.